The minimum atomic E-state index is 0.520. The lowest BCUT2D eigenvalue weighted by Gasteiger charge is -2.04. The summed E-state index contributed by atoms with van der Waals surface area (Å²) in [6.45, 7) is 0. The number of nitrogens with zero attached hydrogens (tertiary/aromatic N) is 2. The topological polar surface area (TPSA) is 38.9 Å². The smallest absolute Gasteiger partial charge is 0.284 e. The van der Waals surface area contributed by atoms with Gasteiger partial charge in [-0.25, -0.2) is 0 Å². The lowest BCUT2D eigenvalue weighted by atomic mass is 10.0. The quantitative estimate of drug-likeness (QED) is 0.761. The van der Waals surface area contributed by atoms with Crippen LogP contribution >= 0.6 is 15.9 Å². The van der Waals surface area contributed by atoms with Crippen LogP contribution in [0.4, 0.5) is 0 Å². The molecule has 2 saturated carbocycles. The van der Waals surface area contributed by atoms with Crippen molar-refractivity contribution >= 4 is 15.9 Å². The molecule has 4 heteroatoms. The van der Waals surface area contributed by atoms with Gasteiger partial charge in [0.2, 0.25) is 5.89 Å². The van der Waals surface area contributed by atoms with Gasteiger partial charge in [0.25, 0.3) is 4.80 Å². The lowest BCUT2D eigenvalue weighted by molar-refractivity contribution is 0.463. The molecule has 1 aromatic rings. The highest BCUT2D eigenvalue weighted by molar-refractivity contribution is 9.10. The van der Waals surface area contributed by atoms with E-state index in [1.165, 1.54) is 25.7 Å². The van der Waals surface area contributed by atoms with Crippen LogP contribution in [-0.2, 0) is 0 Å². The molecule has 0 radical (unpaired) electrons. The summed E-state index contributed by atoms with van der Waals surface area (Å²) < 4.78 is 5.39. The van der Waals surface area contributed by atoms with Gasteiger partial charge >= 0.3 is 0 Å². The first-order chi connectivity index (χ1) is 6.36. The van der Waals surface area contributed by atoms with E-state index in [1.807, 2.05) is 0 Å². The third kappa shape index (κ3) is 1.23. The number of hydrogen-bond donors (Lipinski definition) is 0. The second-order valence-electron chi connectivity index (χ2n) is 4.03. The maximum absolute atomic E-state index is 5.39. The van der Waals surface area contributed by atoms with Crippen LogP contribution in [0.25, 0.3) is 0 Å². The summed E-state index contributed by atoms with van der Waals surface area (Å²) in [5.74, 6) is 3.13. The molecule has 13 heavy (non-hydrogen) atoms. The highest BCUT2D eigenvalue weighted by Crippen LogP contribution is 2.60. The summed E-state index contributed by atoms with van der Waals surface area (Å²) in [4.78, 5) is 0.520. The Bertz CT molecular complexity index is 313. The van der Waals surface area contributed by atoms with Gasteiger partial charge in [0.05, 0.1) is 0 Å². The number of rotatable bonds is 1. The lowest BCUT2D eigenvalue weighted by Crippen LogP contribution is -1.91. The molecule has 70 valence electrons. The van der Waals surface area contributed by atoms with Gasteiger partial charge in [-0.2, -0.15) is 0 Å². The van der Waals surface area contributed by atoms with E-state index in [0.717, 1.165) is 17.7 Å². The van der Waals surface area contributed by atoms with E-state index in [2.05, 4.69) is 26.1 Å². The SMILES string of the molecule is Brc1nnc(C2C3CCCCC32)o1. The van der Waals surface area contributed by atoms with Gasteiger partial charge in [0.1, 0.15) is 0 Å². The molecule has 3 nitrogen and oxygen atoms in total. The minimum Gasteiger partial charge on any atom is -0.415 e. The standard InChI is InChI=1S/C9H11BrN2O/c10-9-12-11-8(13-9)7-5-3-1-2-4-6(5)7/h5-7H,1-4H2. The van der Waals surface area contributed by atoms with Crippen LogP contribution in [0.5, 0.6) is 0 Å². The van der Waals surface area contributed by atoms with E-state index in [1.54, 1.807) is 0 Å². The van der Waals surface area contributed by atoms with Gasteiger partial charge in [-0.15, -0.1) is 10.2 Å². The molecular weight excluding hydrogens is 232 g/mol. The Labute approximate surface area is 85.0 Å². The molecule has 0 saturated heterocycles. The molecule has 2 unspecified atom stereocenters. The van der Waals surface area contributed by atoms with Crippen molar-refractivity contribution in [2.24, 2.45) is 11.8 Å². The van der Waals surface area contributed by atoms with Gasteiger partial charge in [-0.3, -0.25) is 0 Å². The maximum atomic E-state index is 5.39. The average molecular weight is 243 g/mol. The molecule has 0 bridgehead atoms. The summed E-state index contributed by atoms with van der Waals surface area (Å²) in [5.41, 5.74) is 0. The molecule has 0 N–H and O–H groups in total. The van der Waals surface area contributed by atoms with Crippen LogP contribution in [0.2, 0.25) is 0 Å². The molecule has 3 rings (SSSR count). The van der Waals surface area contributed by atoms with Gasteiger partial charge in [-0.05, 0) is 24.7 Å². The third-order valence-electron chi connectivity index (χ3n) is 3.36. The fourth-order valence-electron chi connectivity index (χ4n) is 2.71. The average Bonchev–Trinajstić information content (AvgIpc) is 2.73. The van der Waals surface area contributed by atoms with Gasteiger partial charge < -0.3 is 4.42 Å². The first-order valence-electron chi connectivity index (χ1n) is 4.85. The number of halogens is 1. The Hall–Kier alpha value is -0.380. The van der Waals surface area contributed by atoms with Gasteiger partial charge in [0, 0.05) is 21.8 Å². The zero-order valence-electron chi connectivity index (χ0n) is 7.24. The fourth-order valence-corrected chi connectivity index (χ4v) is 2.95. The van der Waals surface area contributed by atoms with E-state index < -0.39 is 0 Å². The van der Waals surface area contributed by atoms with Crippen LogP contribution in [0.15, 0.2) is 9.22 Å². The summed E-state index contributed by atoms with van der Waals surface area (Å²) in [7, 11) is 0. The Morgan fingerprint density at radius 3 is 2.38 bits per heavy atom. The van der Waals surface area contributed by atoms with Crippen LogP contribution < -0.4 is 0 Å². The number of aromatic nitrogens is 2. The van der Waals surface area contributed by atoms with Crippen molar-refractivity contribution in [1.29, 1.82) is 0 Å². The summed E-state index contributed by atoms with van der Waals surface area (Å²) in [6, 6.07) is 0. The Morgan fingerprint density at radius 1 is 1.15 bits per heavy atom. The molecular formula is C9H11BrN2O. The minimum absolute atomic E-state index is 0.520. The van der Waals surface area contributed by atoms with Crippen LogP contribution in [0.1, 0.15) is 37.5 Å². The van der Waals surface area contributed by atoms with Crippen molar-refractivity contribution in [2.45, 2.75) is 31.6 Å². The molecule has 1 heterocycles. The van der Waals surface area contributed by atoms with Crippen molar-refractivity contribution in [3.05, 3.63) is 10.7 Å². The predicted octanol–water partition coefficient (Wildman–Crippen LogP) is 2.74. The van der Waals surface area contributed by atoms with E-state index in [9.17, 15) is 0 Å². The van der Waals surface area contributed by atoms with Gasteiger partial charge in [0.15, 0.2) is 0 Å². The summed E-state index contributed by atoms with van der Waals surface area (Å²) in [6.07, 6.45) is 5.48. The Kier molecular flexibility index (Phi) is 1.72. The van der Waals surface area contributed by atoms with Crippen LogP contribution in [0.3, 0.4) is 0 Å². The molecule has 0 aliphatic heterocycles. The molecule has 2 atom stereocenters. The largest absolute Gasteiger partial charge is 0.415 e. The van der Waals surface area contributed by atoms with E-state index in [-0.39, 0.29) is 0 Å². The molecule has 2 aliphatic rings. The fraction of sp³-hybridized carbons (Fsp3) is 0.778. The maximum Gasteiger partial charge on any atom is 0.284 e. The van der Waals surface area contributed by atoms with Crippen molar-refractivity contribution in [2.75, 3.05) is 0 Å². The van der Waals surface area contributed by atoms with Crippen molar-refractivity contribution < 1.29 is 4.42 Å². The Morgan fingerprint density at radius 2 is 1.85 bits per heavy atom. The van der Waals surface area contributed by atoms with Crippen molar-refractivity contribution in [3.63, 3.8) is 0 Å². The van der Waals surface area contributed by atoms with E-state index in [0.29, 0.717) is 10.7 Å². The second kappa shape index (κ2) is 2.80. The number of fused-ring (bicyclic) bond motifs is 1. The molecule has 2 fully saturated rings. The second-order valence-corrected chi connectivity index (χ2v) is 4.71. The highest BCUT2D eigenvalue weighted by Gasteiger charge is 2.54. The first kappa shape index (κ1) is 7.97. The first-order valence-corrected chi connectivity index (χ1v) is 5.64. The van der Waals surface area contributed by atoms with Crippen LogP contribution in [-0.4, -0.2) is 10.2 Å². The number of hydrogen-bond acceptors (Lipinski definition) is 3. The monoisotopic (exact) mass is 242 g/mol. The molecule has 0 spiro atoms. The molecule has 0 aromatic carbocycles. The third-order valence-corrected chi connectivity index (χ3v) is 3.68. The summed E-state index contributed by atoms with van der Waals surface area (Å²) in [5, 5.41) is 7.87. The van der Waals surface area contributed by atoms with E-state index in [4.69, 9.17) is 4.42 Å². The summed E-state index contributed by atoms with van der Waals surface area (Å²) >= 11 is 3.19. The molecule has 1 aromatic heterocycles. The van der Waals surface area contributed by atoms with Crippen molar-refractivity contribution in [1.82, 2.24) is 10.2 Å². The normalized spacial score (nSPS) is 37.2. The van der Waals surface area contributed by atoms with E-state index >= 15 is 0 Å². The van der Waals surface area contributed by atoms with Crippen molar-refractivity contribution in [3.8, 4) is 0 Å². The predicted molar refractivity (Wildman–Crippen MR) is 50.2 cm³/mol. The zero-order valence-corrected chi connectivity index (χ0v) is 8.83. The molecule has 0 amide bonds. The molecule has 2 aliphatic carbocycles. The highest BCUT2D eigenvalue weighted by atomic mass is 79.9. The van der Waals surface area contributed by atoms with Gasteiger partial charge in [-0.1, -0.05) is 12.8 Å². The zero-order chi connectivity index (χ0) is 8.84. The Balaban J connectivity index is 1.81. The van der Waals surface area contributed by atoms with Crippen LogP contribution in [0, 0.1) is 11.8 Å².